The van der Waals surface area contributed by atoms with Gasteiger partial charge < -0.3 is 4.52 Å². The van der Waals surface area contributed by atoms with E-state index in [0.717, 1.165) is 16.8 Å². The van der Waals surface area contributed by atoms with Crippen molar-refractivity contribution < 1.29 is 12.9 Å². The lowest BCUT2D eigenvalue weighted by molar-refractivity contribution is 0.427. The molecule has 0 atom stereocenters. The van der Waals surface area contributed by atoms with Crippen molar-refractivity contribution in [2.24, 2.45) is 0 Å². The predicted molar refractivity (Wildman–Crippen MR) is 93.4 cm³/mol. The van der Waals surface area contributed by atoms with Crippen LogP contribution in [0.15, 0.2) is 57.9 Å². The van der Waals surface area contributed by atoms with Crippen molar-refractivity contribution in [1.29, 1.82) is 0 Å². The molecule has 3 aromatic rings. The standard InChI is InChI=1S/C18H18N2O3S/c1-12-4-7-16(8-5-12)20-24(21,22)18-9-6-15(10-13(18)2)17-11-14(3)19-23-17/h4-11,20H,1-3H3. The van der Waals surface area contributed by atoms with Gasteiger partial charge in [-0.1, -0.05) is 22.9 Å². The smallest absolute Gasteiger partial charge is 0.262 e. The second-order valence-electron chi connectivity index (χ2n) is 5.78. The monoisotopic (exact) mass is 342 g/mol. The molecule has 0 bridgehead atoms. The third-order valence-electron chi connectivity index (χ3n) is 3.68. The molecule has 2 aromatic carbocycles. The van der Waals surface area contributed by atoms with Gasteiger partial charge in [0.2, 0.25) is 0 Å². The number of nitrogens with zero attached hydrogens (tertiary/aromatic N) is 1. The van der Waals surface area contributed by atoms with Crippen LogP contribution in [0.3, 0.4) is 0 Å². The van der Waals surface area contributed by atoms with Crippen molar-refractivity contribution in [3.8, 4) is 11.3 Å². The highest BCUT2D eigenvalue weighted by atomic mass is 32.2. The summed E-state index contributed by atoms with van der Waals surface area (Å²) in [6.07, 6.45) is 0. The Hall–Kier alpha value is -2.60. The predicted octanol–water partition coefficient (Wildman–Crippen LogP) is 4.07. The van der Waals surface area contributed by atoms with Gasteiger partial charge in [-0.3, -0.25) is 4.72 Å². The molecule has 5 nitrogen and oxygen atoms in total. The van der Waals surface area contributed by atoms with Gasteiger partial charge in [0.1, 0.15) is 0 Å². The van der Waals surface area contributed by atoms with Crippen LogP contribution in [0.5, 0.6) is 0 Å². The zero-order valence-electron chi connectivity index (χ0n) is 13.7. The van der Waals surface area contributed by atoms with Gasteiger partial charge in [0.15, 0.2) is 5.76 Å². The van der Waals surface area contributed by atoms with Crippen molar-refractivity contribution in [2.45, 2.75) is 25.7 Å². The molecule has 1 heterocycles. The molecule has 3 rings (SSSR count). The Kier molecular flexibility index (Phi) is 4.15. The summed E-state index contributed by atoms with van der Waals surface area (Å²) in [4.78, 5) is 0.239. The average Bonchev–Trinajstić information content (AvgIpc) is 2.95. The van der Waals surface area contributed by atoms with E-state index in [4.69, 9.17) is 4.52 Å². The summed E-state index contributed by atoms with van der Waals surface area (Å²) in [5.41, 5.74) is 3.82. The Bertz CT molecular complexity index is 974. The minimum absolute atomic E-state index is 0.239. The molecule has 0 spiro atoms. The van der Waals surface area contributed by atoms with Crippen LogP contribution in [0.1, 0.15) is 16.8 Å². The van der Waals surface area contributed by atoms with Gasteiger partial charge in [0.25, 0.3) is 10.0 Å². The van der Waals surface area contributed by atoms with Crippen molar-refractivity contribution in [3.63, 3.8) is 0 Å². The molecule has 6 heteroatoms. The third kappa shape index (κ3) is 3.33. The molecule has 0 fully saturated rings. The molecule has 0 aliphatic heterocycles. The number of nitrogens with one attached hydrogen (secondary N) is 1. The highest BCUT2D eigenvalue weighted by molar-refractivity contribution is 7.92. The van der Waals surface area contributed by atoms with Gasteiger partial charge in [0, 0.05) is 17.3 Å². The molecular formula is C18H18N2O3S. The highest BCUT2D eigenvalue weighted by Gasteiger charge is 2.18. The lowest BCUT2D eigenvalue weighted by Crippen LogP contribution is -2.14. The van der Waals surface area contributed by atoms with Crippen LogP contribution in [0.4, 0.5) is 5.69 Å². The van der Waals surface area contributed by atoms with Gasteiger partial charge >= 0.3 is 0 Å². The first-order valence-electron chi connectivity index (χ1n) is 7.49. The van der Waals surface area contributed by atoms with E-state index in [1.807, 2.05) is 32.0 Å². The fourth-order valence-electron chi connectivity index (χ4n) is 2.44. The number of rotatable bonds is 4. The first kappa shape index (κ1) is 16.3. The van der Waals surface area contributed by atoms with E-state index in [-0.39, 0.29) is 4.90 Å². The second kappa shape index (κ2) is 6.13. The molecular weight excluding hydrogens is 324 g/mol. The lowest BCUT2D eigenvalue weighted by atomic mass is 10.1. The summed E-state index contributed by atoms with van der Waals surface area (Å²) < 4.78 is 33.0. The number of hydrogen-bond acceptors (Lipinski definition) is 4. The normalized spacial score (nSPS) is 11.5. The van der Waals surface area contributed by atoms with Crippen LogP contribution < -0.4 is 4.72 Å². The Morgan fingerprint density at radius 1 is 0.958 bits per heavy atom. The van der Waals surface area contributed by atoms with Crippen molar-refractivity contribution in [1.82, 2.24) is 5.16 Å². The molecule has 0 aliphatic carbocycles. The quantitative estimate of drug-likeness (QED) is 0.776. The summed E-state index contributed by atoms with van der Waals surface area (Å²) in [5, 5.41) is 3.85. The summed E-state index contributed by atoms with van der Waals surface area (Å²) >= 11 is 0. The van der Waals surface area contributed by atoms with Crippen molar-refractivity contribution in [3.05, 3.63) is 65.4 Å². The Balaban J connectivity index is 1.92. The van der Waals surface area contributed by atoms with Crippen LogP contribution >= 0.6 is 0 Å². The van der Waals surface area contributed by atoms with Crippen LogP contribution in [0.2, 0.25) is 0 Å². The van der Waals surface area contributed by atoms with Crippen LogP contribution in [-0.4, -0.2) is 13.6 Å². The van der Waals surface area contributed by atoms with E-state index in [1.165, 1.54) is 0 Å². The van der Waals surface area contributed by atoms with E-state index >= 15 is 0 Å². The van der Waals surface area contributed by atoms with Gasteiger partial charge in [0.05, 0.1) is 10.6 Å². The van der Waals surface area contributed by atoms with E-state index < -0.39 is 10.0 Å². The van der Waals surface area contributed by atoms with Crippen LogP contribution in [0.25, 0.3) is 11.3 Å². The largest absolute Gasteiger partial charge is 0.356 e. The summed E-state index contributed by atoms with van der Waals surface area (Å²) in [6.45, 7) is 5.55. The van der Waals surface area contributed by atoms with Gasteiger partial charge in [-0.05, 0) is 56.7 Å². The molecule has 0 saturated carbocycles. The van der Waals surface area contributed by atoms with Crippen LogP contribution in [-0.2, 0) is 10.0 Å². The molecule has 0 aliphatic rings. The van der Waals surface area contributed by atoms with E-state index in [9.17, 15) is 8.42 Å². The first-order chi connectivity index (χ1) is 11.3. The number of aromatic nitrogens is 1. The molecule has 0 radical (unpaired) electrons. The topological polar surface area (TPSA) is 72.2 Å². The van der Waals surface area contributed by atoms with Crippen molar-refractivity contribution in [2.75, 3.05) is 4.72 Å². The minimum atomic E-state index is -3.65. The van der Waals surface area contributed by atoms with E-state index in [0.29, 0.717) is 17.0 Å². The second-order valence-corrected chi connectivity index (χ2v) is 7.44. The fourth-order valence-corrected chi connectivity index (χ4v) is 3.72. The lowest BCUT2D eigenvalue weighted by Gasteiger charge is -2.11. The third-order valence-corrected chi connectivity index (χ3v) is 5.22. The Labute approximate surface area is 141 Å². The van der Waals surface area contributed by atoms with Gasteiger partial charge in [-0.2, -0.15) is 0 Å². The molecule has 0 amide bonds. The fraction of sp³-hybridized carbons (Fsp3) is 0.167. The Morgan fingerprint density at radius 2 is 1.67 bits per heavy atom. The SMILES string of the molecule is Cc1ccc(NS(=O)(=O)c2ccc(-c3cc(C)no3)cc2C)cc1. The first-order valence-corrected chi connectivity index (χ1v) is 8.97. The molecule has 0 saturated heterocycles. The number of benzene rings is 2. The molecule has 124 valence electrons. The molecule has 1 aromatic heterocycles. The summed E-state index contributed by atoms with van der Waals surface area (Å²) in [6, 6.07) is 14.1. The number of sulfonamides is 1. The van der Waals surface area contributed by atoms with E-state index in [1.54, 1.807) is 37.3 Å². The van der Waals surface area contributed by atoms with E-state index in [2.05, 4.69) is 9.88 Å². The zero-order chi connectivity index (χ0) is 17.3. The molecule has 1 N–H and O–H groups in total. The number of hydrogen-bond donors (Lipinski definition) is 1. The zero-order valence-corrected chi connectivity index (χ0v) is 14.5. The Morgan fingerprint density at radius 3 is 2.25 bits per heavy atom. The average molecular weight is 342 g/mol. The molecule has 24 heavy (non-hydrogen) atoms. The van der Waals surface area contributed by atoms with Gasteiger partial charge in [-0.15, -0.1) is 0 Å². The summed E-state index contributed by atoms with van der Waals surface area (Å²) in [5.74, 6) is 0.617. The van der Waals surface area contributed by atoms with Crippen LogP contribution in [0, 0.1) is 20.8 Å². The number of aryl methyl sites for hydroxylation is 3. The summed E-state index contributed by atoms with van der Waals surface area (Å²) in [7, 11) is -3.65. The maximum Gasteiger partial charge on any atom is 0.262 e. The van der Waals surface area contributed by atoms with Crippen molar-refractivity contribution >= 4 is 15.7 Å². The highest BCUT2D eigenvalue weighted by Crippen LogP contribution is 2.26. The maximum atomic E-state index is 12.6. The minimum Gasteiger partial charge on any atom is -0.356 e. The molecule has 0 unspecified atom stereocenters. The maximum absolute atomic E-state index is 12.6. The number of anilines is 1. The van der Waals surface area contributed by atoms with Gasteiger partial charge in [-0.25, -0.2) is 8.42 Å².